The van der Waals surface area contributed by atoms with Gasteiger partial charge in [0.25, 0.3) is 5.91 Å². The van der Waals surface area contributed by atoms with Gasteiger partial charge in [-0.25, -0.2) is 4.79 Å². The lowest BCUT2D eigenvalue weighted by molar-refractivity contribution is -0.136. The van der Waals surface area contributed by atoms with Crippen LogP contribution in [0.1, 0.15) is 78.2 Å². The van der Waals surface area contributed by atoms with Crippen LogP contribution in [0.4, 0.5) is 4.79 Å². The Morgan fingerprint density at radius 1 is 1.00 bits per heavy atom. The van der Waals surface area contributed by atoms with Crippen LogP contribution in [0.2, 0.25) is 0 Å². The molecule has 7 nitrogen and oxygen atoms in total. The van der Waals surface area contributed by atoms with Crippen molar-refractivity contribution in [1.82, 2.24) is 19.6 Å². The Hall–Kier alpha value is -2.12. The summed E-state index contributed by atoms with van der Waals surface area (Å²) in [6.45, 7) is 15.1. The van der Waals surface area contributed by atoms with Gasteiger partial charge in [-0.3, -0.25) is 14.5 Å². The SMILES string of the molecule is CC(C)N1C(=O)N(CC2CC2)C(=O)C12CCN(CC1CN(C(=O)CC(C)(C)C)CC1c1ccccc1)CC2.Cl. The maximum Gasteiger partial charge on any atom is 0.327 e. The number of carbonyl (C=O) groups excluding carboxylic acids is 3. The van der Waals surface area contributed by atoms with Crippen molar-refractivity contribution in [3.63, 3.8) is 0 Å². The maximum atomic E-state index is 13.7. The molecule has 3 saturated heterocycles. The van der Waals surface area contributed by atoms with Gasteiger partial charge in [-0.1, -0.05) is 51.1 Å². The monoisotopic (exact) mass is 558 g/mol. The third kappa shape index (κ3) is 6.14. The van der Waals surface area contributed by atoms with E-state index in [1.165, 1.54) is 5.56 Å². The molecule has 0 radical (unpaired) electrons. The Labute approximate surface area is 240 Å². The lowest BCUT2D eigenvalue weighted by Crippen LogP contribution is -2.58. The van der Waals surface area contributed by atoms with E-state index in [-0.39, 0.29) is 41.7 Å². The number of halogens is 1. The number of nitrogens with zero attached hydrogens (tertiary/aromatic N) is 4. The number of likely N-dealkylation sites (tertiary alicyclic amines) is 2. The Kier molecular flexibility index (Phi) is 8.73. The zero-order chi connectivity index (χ0) is 27.2. The third-order valence-corrected chi connectivity index (χ3v) is 9.07. The van der Waals surface area contributed by atoms with Gasteiger partial charge in [0.15, 0.2) is 0 Å². The summed E-state index contributed by atoms with van der Waals surface area (Å²) in [7, 11) is 0. The molecule has 1 spiro atoms. The largest absolute Gasteiger partial charge is 0.342 e. The molecule has 4 fully saturated rings. The molecule has 1 saturated carbocycles. The Morgan fingerprint density at radius 2 is 1.64 bits per heavy atom. The minimum absolute atomic E-state index is 0. The van der Waals surface area contributed by atoms with Crippen molar-refractivity contribution in [2.75, 3.05) is 39.3 Å². The van der Waals surface area contributed by atoms with Gasteiger partial charge in [-0.15, -0.1) is 12.4 Å². The van der Waals surface area contributed by atoms with Crippen LogP contribution < -0.4 is 0 Å². The predicted octanol–water partition coefficient (Wildman–Crippen LogP) is 5.00. The molecule has 0 bridgehead atoms. The summed E-state index contributed by atoms with van der Waals surface area (Å²) in [5.74, 6) is 1.44. The highest BCUT2D eigenvalue weighted by Crippen LogP contribution is 2.42. The first-order chi connectivity index (χ1) is 18.0. The molecular formula is C31H47ClN4O3. The van der Waals surface area contributed by atoms with Crippen molar-refractivity contribution < 1.29 is 14.4 Å². The van der Waals surface area contributed by atoms with E-state index in [0.717, 1.165) is 45.6 Å². The standard InChI is InChI=1S/C31H46N4O3.ClH/c1-22(2)35-29(38)34(18-23-11-12-23)28(37)31(35)13-15-32(16-14-31)19-25-20-33(27(36)17-30(3,4)5)21-26(25)24-9-7-6-8-10-24;/h6-10,22-23,25-26H,11-21H2,1-5H3;1H. The highest BCUT2D eigenvalue weighted by atomic mass is 35.5. The zero-order valence-corrected chi connectivity index (χ0v) is 25.2. The van der Waals surface area contributed by atoms with Gasteiger partial charge < -0.3 is 14.7 Å². The Balaban J connectivity index is 0.00000353. The third-order valence-electron chi connectivity index (χ3n) is 9.07. The fraction of sp³-hybridized carbons (Fsp3) is 0.710. The zero-order valence-electron chi connectivity index (χ0n) is 24.4. The van der Waals surface area contributed by atoms with Crippen molar-refractivity contribution in [2.24, 2.45) is 17.3 Å². The molecule has 1 aliphatic carbocycles. The molecule has 1 aromatic rings. The van der Waals surface area contributed by atoms with Crippen molar-refractivity contribution in [2.45, 2.75) is 84.2 Å². The highest BCUT2D eigenvalue weighted by Gasteiger charge is 2.59. The molecule has 39 heavy (non-hydrogen) atoms. The molecule has 216 valence electrons. The number of piperidine rings is 1. The molecular weight excluding hydrogens is 512 g/mol. The predicted molar refractivity (Wildman–Crippen MR) is 156 cm³/mol. The first-order valence-corrected chi connectivity index (χ1v) is 14.7. The number of amides is 4. The summed E-state index contributed by atoms with van der Waals surface area (Å²) in [6.07, 6.45) is 4.18. The number of rotatable bonds is 7. The van der Waals surface area contributed by atoms with E-state index in [0.29, 0.717) is 43.6 Å². The number of carbonyl (C=O) groups is 3. The van der Waals surface area contributed by atoms with Crippen molar-refractivity contribution in [3.05, 3.63) is 35.9 Å². The van der Waals surface area contributed by atoms with Gasteiger partial charge in [-0.05, 0) is 62.3 Å². The number of imide groups is 1. The molecule has 8 heteroatoms. The smallest absolute Gasteiger partial charge is 0.327 e. The van der Waals surface area contributed by atoms with E-state index in [1.807, 2.05) is 24.8 Å². The fourth-order valence-corrected chi connectivity index (χ4v) is 6.98. The summed E-state index contributed by atoms with van der Waals surface area (Å²) in [6, 6.07) is 10.5. The van der Waals surface area contributed by atoms with Gasteiger partial charge in [-0.2, -0.15) is 0 Å². The van der Waals surface area contributed by atoms with E-state index in [4.69, 9.17) is 0 Å². The molecule has 4 aliphatic rings. The van der Waals surface area contributed by atoms with Crippen LogP contribution in [0, 0.1) is 17.3 Å². The van der Waals surface area contributed by atoms with Gasteiger partial charge in [0.2, 0.25) is 5.91 Å². The molecule has 2 unspecified atom stereocenters. The fourth-order valence-electron chi connectivity index (χ4n) is 6.98. The maximum absolute atomic E-state index is 13.7. The topological polar surface area (TPSA) is 64.2 Å². The first kappa shape index (κ1) is 29.9. The first-order valence-electron chi connectivity index (χ1n) is 14.7. The normalized spacial score (nSPS) is 25.6. The van der Waals surface area contributed by atoms with Crippen molar-refractivity contribution in [1.29, 1.82) is 0 Å². The van der Waals surface area contributed by atoms with E-state index >= 15 is 0 Å². The van der Waals surface area contributed by atoms with E-state index in [1.54, 1.807) is 4.90 Å². The van der Waals surface area contributed by atoms with Crippen LogP contribution in [0.5, 0.6) is 0 Å². The van der Waals surface area contributed by atoms with Crippen LogP contribution in [0.15, 0.2) is 30.3 Å². The second kappa shape index (κ2) is 11.4. The summed E-state index contributed by atoms with van der Waals surface area (Å²) < 4.78 is 0. The lowest BCUT2D eigenvalue weighted by Gasteiger charge is -2.44. The minimum atomic E-state index is -0.695. The van der Waals surface area contributed by atoms with Crippen molar-refractivity contribution >= 4 is 30.3 Å². The van der Waals surface area contributed by atoms with Crippen LogP contribution in [-0.4, -0.2) is 88.3 Å². The molecule has 5 rings (SSSR count). The molecule has 2 atom stereocenters. The average Bonchev–Trinajstić information content (AvgIpc) is 3.54. The summed E-state index contributed by atoms with van der Waals surface area (Å²) in [5, 5.41) is 0. The molecule has 0 N–H and O–H groups in total. The summed E-state index contributed by atoms with van der Waals surface area (Å²) in [4.78, 5) is 48.2. The lowest BCUT2D eigenvalue weighted by atomic mass is 9.83. The number of hydrogen-bond donors (Lipinski definition) is 0. The number of benzene rings is 1. The van der Waals surface area contributed by atoms with Crippen molar-refractivity contribution in [3.8, 4) is 0 Å². The second-order valence-electron chi connectivity index (χ2n) is 13.8. The van der Waals surface area contributed by atoms with E-state index in [9.17, 15) is 14.4 Å². The van der Waals surface area contributed by atoms with E-state index in [2.05, 4.69) is 54.8 Å². The van der Waals surface area contributed by atoms with Gasteiger partial charge in [0.05, 0.1) is 0 Å². The molecule has 4 amide bonds. The van der Waals surface area contributed by atoms with Gasteiger partial charge in [0.1, 0.15) is 5.54 Å². The summed E-state index contributed by atoms with van der Waals surface area (Å²) in [5.41, 5.74) is 0.578. The molecule has 1 aromatic carbocycles. The quantitative estimate of drug-likeness (QED) is 0.442. The minimum Gasteiger partial charge on any atom is -0.342 e. The summed E-state index contributed by atoms with van der Waals surface area (Å²) >= 11 is 0. The van der Waals surface area contributed by atoms with Crippen LogP contribution >= 0.6 is 12.4 Å². The van der Waals surface area contributed by atoms with Crippen LogP contribution in [-0.2, 0) is 9.59 Å². The van der Waals surface area contributed by atoms with Gasteiger partial charge >= 0.3 is 6.03 Å². The molecule has 0 aromatic heterocycles. The highest BCUT2D eigenvalue weighted by molar-refractivity contribution is 6.07. The number of hydrogen-bond acceptors (Lipinski definition) is 4. The second-order valence-corrected chi connectivity index (χ2v) is 13.8. The van der Waals surface area contributed by atoms with Crippen LogP contribution in [0.3, 0.4) is 0 Å². The molecule has 3 heterocycles. The average molecular weight is 559 g/mol. The Morgan fingerprint density at radius 3 is 2.21 bits per heavy atom. The Bertz CT molecular complexity index is 1040. The number of urea groups is 1. The van der Waals surface area contributed by atoms with Crippen LogP contribution in [0.25, 0.3) is 0 Å². The van der Waals surface area contributed by atoms with Gasteiger partial charge in [0, 0.05) is 57.6 Å². The molecule has 3 aliphatic heterocycles. The van der Waals surface area contributed by atoms with E-state index < -0.39 is 5.54 Å².